The van der Waals surface area contributed by atoms with Gasteiger partial charge in [-0.25, -0.2) is 4.79 Å². The van der Waals surface area contributed by atoms with E-state index in [-0.39, 0.29) is 12.1 Å². The fourth-order valence-corrected chi connectivity index (χ4v) is 3.83. The van der Waals surface area contributed by atoms with E-state index in [1.165, 1.54) is 5.56 Å². The predicted molar refractivity (Wildman–Crippen MR) is 107 cm³/mol. The van der Waals surface area contributed by atoms with Gasteiger partial charge >= 0.3 is 6.09 Å². The van der Waals surface area contributed by atoms with Gasteiger partial charge in [0.1, 0.15) is 5.60 Å². The number of halogens is 1. The lowest BCUT2D eigenvalue weighted by Crippen LogP contribution is -2.46. The monoisotopic (exact) mass is 409 g/mol. The van der Waals surface area contributed by atoms with Crippen LogP contribution in [-0.4, -0.2) is 29.2 Å². The molecular weight excluding hydrogens is 378 g/mol. The lowest BCUT2D eigenvalue weighted by molar-refractivity contribution is 0.00763. The lowest BCUT2D eigenvalue weighted by Gasteiger charge is -2.40. The summed E-state index contributed by atoms with van der Waals surface area (Å²) in [4.78, 5) is 14.8. The summed E-state index contributed by atoms with van der Waals surface area (Å²) in [7, 11) is 0. The Balaban J connectivity index is 2.07. The third kappa shape index (κ3) is 6.65. The Kier molecular flexibility index (Phi) is 6.58. The van der Waals surface area contributed by atoms with Crippen LogP contribution in [0.2, 0.25) is 0 Å². The number of carbonyl (C=O) groups excluding carboxylic acids is 1. The van der Waals surface area contributed by atoms with Gasteiger partial charge in [0.2, 0.25) is 0 Å². The quantitative estimate of drug-likeness (QED) is 0.592. The zero-order valence-electron chi connectivity index (χ0n) is 16.3. The summed E-state index contributed by atoms with van der Waals surface area (Å²) in [6.07, 6.45) is 5.11. The zero-order valence-corrected chi connectivity index (χ0v) is 17.9. The summed E-state index contributed by atoms with van der Waals surface area (Å²) in [5.74, 6) is 0. The number of carbonyl (C=O) groups is 1. The van der Waals surface area contributed by atoms with Crippen molar-refractivity contribution in [1.29, 1.82) is 0 Å². The van der Waals surface area contributed by atoms with Gasteiger partial charge in [0.15, 0.2) is 0 Å². The topological polar surface area (TPSA) is 29.5 Å². The molecule has 0 N–H and O–H groups in total. The van der Waals surface area contributed by atoms with Crippen LogP contribution in [0.3, 0.4) is 0 Å². The Morgan fingerprint density at radius 2 is 1.92 bits per heavy atom. The van der Waals surface area contributed by atoms with Gasteiger partial charge in [0, 0.05) is 17.1 Å². The van der Waals surface area contributed by atoms with Crippen LogP contribution in [0, 0.1) is 5.41 Å². The molecule has 3 nitrogen and oxygen atoms in total. The van der Waals surface area contributed by atoms with E-state index in [0.717, 1.165) is 36.6 Å². The van der Waals surface area contributed by atoms with Crippen molar-refractivity contribution < 1.29 is 9.53 Å². The summed E-state index contributed by atoms with van der Waals surface area (Å²) in [5, 5.41) is 0. The van der Waals surface area contributed by atoms with E-state index in [2.05, 4.69) is 41.9 Å². The maximum absolute atomic E-state index is 12.8. The first-order valence-corrected chi connectivity index (χ1v) is 10.1. The van der Waals surface area contributed by atoms with Gasteiger partial charge in [-0.1, -0.05) is 41.9 Å². The van der Waals surface area contributed by atoms with Crippen LogP contribution >= 0.6 is 15.9 Å². The molecule has 1 amide bonds. The Morgan fingerprint density at radius 1 is 1.28 bits per heavy atom. The molecule has 1 aromatic rings. The molecule has 0 radical (unpaired) electrons. The maximum Gasteiger partial charge on any atom is 0.410 e. The molecule has 0 spiro atoms. The second kappa shape index (κ2) is 8.11. The third-order valence-electron chi connectivity index (χ3n) is 4.91. The molecule has 1 aliphatic carbocycles. The Labute approximate surface area is 161 Å². The molecule has 2 rings (SSSR count). The fraction of sp³-hybridized carbons (Fsp3) is 0.667. The van der Waals surface area contributed by atoms with Crippen molar-refractivity contribution in [3.63, 3.8) is 0 Å². The van der Waals surface area contributed by atoms with Crippen molar-refractivity contribution in [2.45, 2.75) is 78.4 Å². The molecule has 0 heterocycles. The molecule has 4 heteroatoms. The number of ether oxygens (including phenoxy) is 1. The summed E-state index contributed by atoms with van der Waals surface area (Å²) >= 11 is 3.52. The Hall–Kier alpha value is -1.03. The number of rotatable bonds is 4. The molecule has 1 aromatic carbocycles. The van der Waals surface area contributed by atoms with Gasteiger partial charge in [-0.15, -0.1) is 0 Å². The first-order chi connectivity index (χ1) is 11.6. The van der Waals surface area contributed by atoms with E-state index in [1.807, 2.05) is 37.8 Å². The van der Waals surface area contributed by atoms with Crippen LogP contribution in [0.1, 0.15) is 65.9 Å². The van der Waals surface area contributed by atoms with Crippen LogP contribution in [0.25, 0.3) is 0 Å². The summed E-state index contributed by atoms with van der Waals surface area (Å²) in [6.45, 7) is 11.1. The van der Waals surface area contributed by atoms with Crippen molar-refractivity contribution in [2.75, 3.05) is 6.54 Å². The number of amides is 1. The zero-order chi connectivity index (χ0) is 18.7. The van der Waals surface area contributed by atoms with Gasteiger partial charge in [-0.05, 0) is 76.0 Å². The molecule has 0 bridgehead atoms. The second-order valence-corrected chi connectivity index (χ2v) is 9.86. The van der Waals surface area contributed by atoms with Crippen molar-refractivity contribution in [1.82, 2.24) is 4.90 Å². The SMILES string of the molecule is CC1(C)CCC(N(CCc2cccc(Br)c2)C(=O)OC(C)(C)C)CC1. The number of hydrogen-bond donors (Lipinski definition) is 0. The van der Waals surface area contributed by atoms with E-state index in [9.17, 15) is 4.79 Å². The summed E-state index contributed by atoms with van der Waals surface area (Å²) in [5.41, 5.74) is 1.17. The molecule has 1 fully saturated rings. The molecule has 1 aliphatic rings. The molecule has 0 aromatic heterocycles. The second-order valence-electron chi connectivity index (χ2n) is 8.95. The molecule has 0 unspecified atom stereocenters. The van der Waals surface area contributed by atoms with E-state index >= 15 is 0 Å². The van der Waals surface area contributed by atoms with Crippen LogP contribution < -0.4 is 0 Å². The minimum Gasteiger partial charge on any atom is -0.444 e. The van der Waals surface area contributed by atoms with Gasteiger partial charge < -0.3 is 9.64 Å². The molecule has 140 valence electrons. The van der Waals surface area contributed by atoms with Crippen LogP contribution in [0.4, 0.5) is 4.79 Å². The lowest BCUT2D eigenvalue weighted by atomic mass is 9.75. The van der Waals surface area contributed by atoms with Crippen LogP contribution in [0.15, 0.2) is 28.7 Å². The third-order valence-corrected chi connectivity index (χ3v) is 5.40. The van der Waals surface area contributed by atoms with Crippen molar-refractivity contribution in [3.05, 3.63) is 34.3 Å². The molecule has 0 atom stereocenters. The largest absolute Gasteiger partial charge is 0.444 e. The van der Waals surface area contributed by atoms with Crippen molar-refractivity contribution >= 4 is 22.0 Å². The highest BCUT2D eigenvalue weighted by Gasteiger charge is 2.34. The van der Waals surface area contributed by atoms with Gasteiger partial charge in [0.05, 0.1) is 0 Å². The first-order valence-electron chi connectivity index (χ1n) is 9.30. The van der Waals surface area contributed by atoms with E-state index in [4.69, 9.17) is 4.74 Å². The first kappa shape index (κ1) is 20.3. The molecular formula is C21H32BrNO2. The highest BCUT2D eigenvalue weighted by atomic mass is 79.9. The maximum atomic E-state index is 12.8. The normalized spacial score (nSPS) is 18.0. The predicted octanol–water partition coefficient (Wildman–Crippen LogP) is 6.20. The number of benzene rings is 1. The molecule has 25 heavy (non-hydrogen) atoms. The van der Waals surface area contributed by atoms with Crippen LogP contribution in [0.5, 0.6) is 0 Å². The van der Waals surface area contributed by atoms with E-state index in [1.54, 1.807) is 0 Å². The highest BCUT2D eigenvalue weighted by Crippen LogP contribution is 2.37. The van der Waals surface area contributed by atoms with Gasteiger partial charge in [-0.3, -0.25) is 0 Å². The summed E-state index contributed by atoms with van der Waals surface area (Å²) < 4.78 is 6.77. The Morgan fingerprint density at radius 3 is 2.48 bits per heavy atom. The molecule has 0 saturated heterocycles. The molecule has 0 aliphatic heterocycles. The minimum atomic E-state index is -0.459. The average molecular weight is 410 g/mol. The number of hydrogen-bond acceptors (Lipinski definition) is 2. The minimum absolute atomic E-state index is 0.174. The van der Waals surface area contributed by atoms with Gasteiger partial charge in [-0.2, -0.15) is 0 Å². The Bertz CT molecular complexity index is 582. The van der Waals surface area contributed by atoms with Crippen molar-refractivity contribution in [2.24, 2.45) is 5.41 Å². The standard InChI is InChI=1S/C21H32BrNO2/c1-20(2,3)25-19(24)23(18-9-12-21(4,5)13-10-18)14-11-16-7-6-8-17(22)15-16/h6-8,15,18H,9-14H2,1-5H3. The average Bonchev–Trinajstić information content (AvgIpc) is 2.47. The van der Waals surface area contributed by atoms with Crippen LogP contribution in [-0.2, 0) is 11.2 Å². The highest BCUT2D eigenvalue weighted by molar-refractivity contribution is 9.10. The van der Waals surface area contributed by atoms with Gasteiger partial charge in [0.25, 0.3) is 0 Å². The smallest absolute Gasteiger partial charge is 0.410 e. The summed E-state index contributed by atoms with van der Waals surface area (Å²) in [6, 6.07) is 8.59. The molecule has 1 saturated carbocycles. The fourth-order valence-electron chi connectivity index (χ4n) is 3.38. The van der Waals surface area contributed by atoms with Crippen molar-refractivity contribution in [3.8, 4) is 0 Å². The number of nitrogens with zero attached hydrogens (tertiary/aromatic N) is 1. The van der Waals surface area contributed by atoms with E-state index in [0.29, 0.717) is 12.0 Å². The van der Waals surface area contributed by atoms with E-state index < -0.39 is 5.60 Å².